The highest BCUT2D eigenvalue weighted by molar-refractivity contribution is 5.75. The first kappa shape index (κ1) is 22.9. The lowest BCUT2D eigenvalue weighted by Crippen LogP contribution is -1.94. The van der Waals surface area contributed by atoms with E-state index in [1.807, 2.05) is 60.7 Å². The number of hydrogen-bond donors (Lipinski definition) is 2. The quantitative estimate of drug-likeness (QED) is 0.327. The van der Waals surface area contributed by atoms with Crippen molar-refractivity contribution in [2.75, 3.05) is 28.4 Å². The third kappa shape index (κ3) is 4.09. The Morgan fingerprint density at radius 2 is 0.889 bits per heavy atom. The van der Waals surface area contributed by atoms with Gasteiger partial charge in [0.15, 0.2) is 23.3 Å². The van der Waals surface area contributed by atoms with Crippen LogP contribution >= 0.6 is 0 Å². The van der Waals surface area contributed by atoms with Gasteiger partial charge in [0.05, 0.1) is 28.4 Å². The molecule has 10 heteroatoms. The molecule has 5 aromatic rings. The summed E-state index contributed by atoms with van der Waals surface area (Å²) >= 11 is 0. The second-order valence-electron chi connectivity index (χ2n) is 7.67. The van der Waals surface area contributed by atoms with Crippen LogP contribution in [0.5, 0.6) is 23.0 Å². The smallest absolute Gasteiger partial charge is 0.181 e. The number of methoxy groups -OCH3 is 4. The van der Waals surface area contributed by atoms with E-state index in [1.54, 1.807) is 28.4 Å². The van der Waals surface area contributed by atoms with Crippen molar-refractivity contribution in [3.8, 4) is 68.5 Å². The number of nitrogens with zero attached hydrogens (tertiary/aromatic N) is 4. The molecule has 0 saturated carbocycles. The van der Waals surface area contributed by atoms with Crippen molar-refractivity contribution < 1.29 is 18.9 Å². The molecule has 0 bridgehead atoms. The highest BCUT2D eigenvalue weighted by Gasteiger charge is 2.19. The predicted octanol–water partition coefficient (Wildman–Crippen LogP) is 4.63. The molecule has 0 atom stereocenters. The monoisotopic (exact) mass is 484 g/mol. The van der Waals surface area contributed by atoms with E-state index in [4.69, 9.17) is 28.9 Å². The molecule has 36 heavy (non-hydrogen) atoms. The van der Waals surface area contributed by atoms with Gasteiger partial charge in [0, 0.05) is 11.1 Å². The lowest BCUT2D eigenvalue weighted by Gasteiger charge is -2.10. The summed E-state index contributed by atoms with van der Waals surface area (Å²) in [6.07, 6.45) is 0. The van der Waals surface area contributed by atoms with Crippen molar-refractivity contribution in [2.45, 2.75) is 0 Å². The van der Waals surface area contributed by atoms with Gasteiger partial charge in [-0.2, -0.15) is 10.2 Å². The molecule has 0 fully saturated rings. The maximum Gasteiger partial charge on any atom is 0.181 e. The van der Waals surface area contributed by atoms with Crippen LogP contribution in [0.1, 0.15) is 0 Å². The third-order valence-electron chi connectivity index (χ3n) is 5.68. The Labute approximate surface area is 207 Å². The van der Waals surface area contributed by atoms with Gasteiger partial charge in [0.2, 0.25) is 0 Å². The molecule has 3 aromatic carbocycles. The zero-order valence-corrected chi connectivity index (χ0v) is 20.2. The van der Waals surface area contributed by atoms with Crippen LogP contribution in [0, 0.1) is 0 Å². The van der Waals surface area contributed by atoms with Crippen molar-refractivity contribution in [1.29, 1.82) is 0 Å². The van der Waals surface area contributed by atoms with Gasteiger partial charge in [-0.25, -0.2) is 9.97 Å². The van der Waals surface area contributed by atoms with Crippen molar-refractivity contribution in [3.63, 3.8) is 0 Å². The highest BCUT2D eigenvalue weighted by atomic mass is 16.5. The van der Waals surface area contributed by atoms with Crippen LogP contribution in [0.25, 0.3) is 45.6 Å². The number of aromatic nitrogens is 6. The summed E-state index contributed by atoms with van der Waals surface area (Å²) < 4.78 is 22.0. The molecule has 182 valence electrons. The molecular formula is C26H24N6O4. The number of benzene rings is 3. The SMILES string of the molecule is COc1cccc(OC)c1-c1nc(-c2cccc(-c3n[nH]c(-c4c(OC)cccc4OC)n3)c2)n[nH]1. The van der Waals surface area contributed by atoms with Gasteiger partial charge >= 0.3 is 0 Å². The van der Waals surface area contributed by atoms with Crippen LogP contribution in [-0.4, -0.2) is 58.8 Å². The molecule has 0 radical (unpaired) electrons. The molecule has 0 amide bonds. The second kappa shape index (κ2) is 9.79. The second-order valence-corrected chi connectivity index (χ2v) is 7.67. The van der Waals surface area contributed by atoms with Gasteiger partial charge in [0.25, 0.3) is 0 Å². The Hall–Kier alpha value is -4.86. The van der Waals surface area contributed by atoms with Gasteiger partial charge < -0.3 is 18.9 Å². The lowest BCUT2D eigenvalue weighted by atomic mass is 10.1. The van der Waals surface area contributed by atoms with E-state index in [0.717, 1.165) is 11.1 Å². The van der Waals surface area contributed by atoms with Gasteiger partial charge in [-0.05, 0) is 30.3 Å². The van der Waals surface area contributed by atoms with Crippen LogP contribution in [-0.2, 0) is 0 Å². The summed E-state index contributed by atoms with van der Waals surface area (Å²) in [7, 11) is 6.41. The minimum Gasteiger partial charge on any atom is -0.496 e. The molecule has 2 aromatic heterocycles. The maximum absolute atomic E-state index is 5.50. The van der Waals surface area contributed by atoms with Crippen LogP contribution in [0.15, 0.2) is 60.7 Å². The Balaban J connectivity index is 1.50. The molecular weight excluding hydrogens is 460 g/mol. The molecule has 0 saturated heterocycles. The van der Waals surface area contributed by atoms with Gasteiger partial charge in [-0.15, -0.1) is 0 Å². The molecule has 0 aliphatic rings. The summed E-state index contributed by atoms with van der Waals surface area (Å²) in [6.45, 7) is 0. The normalized spacial score (nSPS) is 10.8. The number of aromatic amines is 2. The van der Waals surface area contributed by atoms with Gasteiger partial charge in [-0.1, -0.05) is 30.3 Å². The Bertz CT molecular complexity index is 1360. The largest absolute Gasteiger partial charge is 0.496 e. The van der Waals surface area contributed by atoms with E-state index in [0.29, 0.717) is 57.4 Å². The van der Waals surface area contributed by atoms with Crippen molar-refractivity contribution >= 4 is 0 Å². The number of nitrogens with one attached hydrogen (secondary N) is 2. The van der Waals surface area contributed by atoms with Crippen LogP contribution < -0.4 is 18.9 Å². The molecule has 2 N–H and O–H groups in total. The molecule has 2 heterocycles. The zero-order chi connectivity index (χ0) is 25.1. The number of hydrogen-bond acceptors (Lipinski definition) is 8. The average molecular weight is 485 g/mol. The van der Waals surface area contributed by atoms with Gasteiger partial charge in [0.1, 0.15) is 34.1 Å². The third-order valence-corrected chi connectivity index (χ3v) is 5.68. The van der Waals surface area contributed by atoms with Crippen molar-refractivity contribution in [2.24, 2.45) is 0 Å². The summed E-state index contributed by atoms with van der Waals surface area (Å²) in [4.78, 5) is 9.39. The van der Waals surface area contributed by atoms with E-state index in [9.17, 15) is 0 Å². The molecule has 10 nitrogen and oxygen atoms in total. The standard InChI is InChI=1S/C26H24N6O4/c1-33-17-10-6-11-18(34-2)21(17)25-27-23(29-31-25)15-8-5-9-16(14-15)24-28-26(32-30-24)22-19(35-3)12-7-13-20(22)36-4/h5-14H,1-4H3,(H,27,29,31)(H,28,30,32). The number of rotatable bonds is 8. The fourth-order valence-corrected chi connectivity index (χ4v) is 3.97. The van der Waals surface area contributed by atoms with E-state index < -0.39 is 0 Å². The first-order valence-corrected chi connectivity index (χ1v) is 11.0. The Morgan fingerprint density at radius 3 is 1.25 bits per heavy atom. The molecule has 0 aliphatic carbocycles. The fraction of sp³-hybridized carbons (Fsp3) is 0.154. The molecule has 0 aliphatic heterocycles. The minimum absolute atomic E-state index is 0.516. The molecule has 0 unspecified atom stereocenters. The van der Waals surface area contributed by atoms with Crippen LogP contribution in [0.2, 0.25) is 0 Å². The van der Waals surface area contributed by atoms with E-state index in [2.05, 4.69) is 20.4 Å². The summed E-state index contributed by atoms with van der Waals surface area (Å²) in [5.74, 6) is 4.62. The Kier molecular flexibility index (Phi) is 6.23. The topological polar surface area (TPSA) is 120 Å². The van der Waals surface area contributed by atoms with E-state index in [-0.39, 0.29) is 0 Å². The summed E-state index contributed by atoms with van der Waals surface area (Å²) in [5, 5.41) is 14.8. The summed E-state index contributed by atoms with van der Waals surface area (Å²) in [5.41, 5.74) is 2.98. The minimum atomic E-state index is 0.516. The fourth-order valence-electron chi connectivity index (χ4n) is 3.97. The van der Waals surface area contributed by atoms with Crippen LogP contribution in [0.3, 0.4) is 0 Å². The number of ether oxygens (including phenoxy) is 4. The number of H-pyrrole nitrogens is 2. The maximum atomic E-state index is 5.50. The summed E-state index contributed by atoms with van der Waals surface area (Å²) in [6, 6.07) is 18.8. The van der Waals surface area contributed by atoms with Crippen molar-refractivity contribution in [3.05, 3.63) is 60.7 Å². The average Bonchev–Trinajstić information content (AvgIpc) is 3.62. The lowest BCUT2D eigenvalue weighted by molar-refractivity contribution is 0.396. The predicted molar refractivity (Wildman–Crippen MR) is 134 cm³/mol. The van der Waals surface area contributed by atoms with E-state index in [1.165, 1.54) is 0 Å². The van der Waals surface area contributed by atoms with Gasteiger partial charge in [-0.3, -0.25) is 10.2 Å². The molecule has 5 rings (SSSR count). The van der Waals surface area contributed by atoms with Crippen LogP contribution in [0.4, 0.5) is 0 Å². The van der Waals surface area contributed by atoms with E-state index >= 15 is 0 Å². The first-order chi connectivity index (χ1) is 17.7. The first-order valence-electron chi connectivity index (χ1n) is 11.0. The highest BCUT2D eigenvalue weighted by Crippen LogP contribution is 2.38. The van der Waals surface area contributed by atoms with Crippen molar-refractivity contribution in [1.82, 2.24) is 30.4 Å². The Morgan fingerprint density at radius 1 is 0.528 bits per heavy atom. The molecule has 0 spiro atoms. The zero-order valence-electron chi connectivity index (χ0n) is 20.2.